The van der Waals surface area contributed by atoms with Crippen LogP contribution in [0.3, 0.4) is 0 Å². The molecule has 4 heteroatoms. The van der Waals surface area contributed by atoms with E-state index in [1.54, 1.807) is 0 Å². The molecule has 1 nitrogen and oxygen atoms in total. The molecule has 0 amide bonds. The molecule has 0 atom stereocenters. The van der Waals surface area contributed by atoms with E-state index in [1.807, 2.05) is 54.6 Å². The largest absolute Gasteiger partial charge is 0.309 e. The molecule has 1 saturated carbocycles. The average molecular weight is 526 g/mol. The molecule has 3 aromatic rings. The molecule has 0 N–H and O–H groups in total. The lowest BCUT2D eigenvalue weighted by Crippen LogP contribution is -2.06. The first-order chi connectivity index (χ1) is 14.1. The van der Waals surface area contributed by atoms with Crippen molar-refractivity contribution in [3.8, 4) is 0 Å². The van der Waals surface area contributed by atoms with Crippen molar-refractivity contribution in [2.45, 2.75) is 19.3 Å². The monoisotopic (exact) mass is 524 g/mol. The van der Waals surface area contributed by atoms with Crippen molar-refractivity contribution < 1.29 is 4.57 Å². The number of rotatable bonds is 3. The maximum atomic E-state index is 15.1. The minimum absolute atomic E-state index is 0.922. The van der Waals surface area contributed by atoms with E-state index in [2.05, 4.69) is 56.1 Å². The summed E-state index contributed by atoms with van der Waals surface area (Å²) in [5.74, 6) is 0. The third kappa shape index (κ3) is 3.15. The van der Waals surface area contributed by atoms with E-state index in [4.69, 9.17) is 0 Å². The molecular formula is C25H19Br2OP. The second kappa shape index (κ2) is 7.54. The summed E-state index contributed by atoms with van der Waals surface area (Å²) in [6.07, 6.45) is 3.12. The molecule has 0 aromatic heterocycles. The zero-order valence-electron chi connectivity index (χ0n) is 15.7. The zero-order chi connectivity index (χ0) is 20.0. The van der Waals surface area contributed by atoms with E-state index in [1.165, 1.54) is 11.1 Å². The standard InChI is InChI=1S/C25H19Br2OP/c26-19-13-9-17(10-14-19)24-22-7-4-8-23(22)25(18-11-15-20(27)16-12-18)29(24,28)21-5-2-1-3-6-21/h1-3,5-6,9-16H,4,7-8H2. The molecule has 0 bridgehead atoms. The second-order valence-electron chi connectivity index (χ2n) is 7.47. The number of benzene rings is 3. The lowest BCUT2D eigenvalue weighted by atomic mass is 10.0. The SMILES string of the molecule is O=P1(c2ccccc2)C(c2ccc(Br)cc2)=C2CCCC2=C1c1ccc(Br)cc1. The Morgan fingerprint density at radius 3 is 1.52 bits per heavy atom. The van der Waals surface area contributed by atoms with Gasteiger partial charge in [0.1, 0.15) is 0 Å². The molecule has 0 saturated heterocycles. The smallest absolute Gasteiger partial charge is 0.172 e. The molecule has 1 aliphatic carbocycles. The minimum Gasteiger partial charge on any atom is -0.309 e. The molecule has 2 aliphatic rings. The highest BCUT2D eigenvalue weighted by Gasteiger charge is 2.46. The summed E-state index contributed by atoms with van der Waals surface area (Å²) in [5, 5.41) is 3.01. The topological polar surface area (TPSA) is 17.1 Å². The summed E-state index contributed by atoms with van der Waals surface area (Å²) in [4.78, 5) is 0. The van der Waals surface area contributed by atoms with E-state index in [0.29, 0.717) is 0 Å². The number of hydrogen-bond acceptors (Lipinski definition) is 1. The van der Waals surface area contributed by atoms with Gasteiger partial charge in [0.2, 0.25) is 0 Å². The third-order valence-electron chi connectivity index (χ3n) is 5.77. The van der Waals surface area contributed by atoms with Gasteiger partial charge in [0.25, 0.3) is 0 Å². The lowest BCUT2D eigenvalue weighted by molar-refractivity contribution is 0.593. The maximum absolute atomic E-state index is 15.1. The van der Waals surface area contributed by atoms with Crippen LogP contribution in [0.4, 0.5) is 0 Å². The first-order valence-corrected chi connectivity index (χ1v) is 13.0. The molecule has 144 valence electrons. The predicted octanol–water partition coefficient (Wildman–Crippen LogP) is 8.22. The molecule has 5 rings (SSSR count). The van der Waals surface area contributed by atoms with Crippen LogP contribution in [0.1, 0.15) is 30.4 Å². The van der Waals surface area contributed by atoms with Crippen LogP contribution in [-0.4, -0.2) is 0 Å². The van der Waals surface area contributed by atoms with Crippen molar-refractivity contribution in [1.82, 2.24) is 0 Å². The van der Waals surface area contributed by atoms with Gasteiger partial charge in [-0.05, 0) is 65.8 Å². The van der Waals surface area contributed by atoms with Gasteiger partial charge in [0, 0.05) is 24.9 Å². The van der Waals surface area contributed by atoms with Crippen molar-refractivity contribution in [3.05, 3.63) is 110 Å². The van der Waals surface area contributed by atoms with Crippen molar-refractivity contribution in [2.75, 3.05) is 0 Å². The van der Waals surface area contributed by atoms with E-state index in [9.17, 15) is 0 Å². The fraction of sp³-hybridized carbons (Fsp3) is 0.120. The van der Waals surface area contributed by atoms with Crippen LogP contribution < -0.4 is 5.30 Å². The van der Waals surface area contributed by atoms with Crippen LogP contribution in [-0.2, 0) is 4.57 Å². The van der Waals surface area contributed by atoms with Gasteiger partial charge in [0.05, 0.1) is 0 Å². The van der Waals surface area contributed by atoms with Crippen LogP contribution >= 0.6 is 39.0 Å². The van der Waals surface area contributed by atoms with Gasteiger partial charge in [-0.2, -0.15) is 0 Å². The Labute approximate surface area is 188 Å². The van der Waals surface area contributed by atoms with Gasteiger partial charge in [-0.3, -0.25) is 0 Å². The van der Waals surface area contributed by atoms with Crippen molar-refractivity contribution >= 4 is 54.9 Å². The zero-order valence-corrected chi connectivity index (χ0v) is 19.8. The normalized spacial score (nSPS) is 17.7. The van der Waals surface area contributed by atoms with E-state index >= 15 is 4.57 Å². The third-order valence-corrected chi connectivity index (χ3v) is 10.2. The summed E-state index contributed by atoms with van der Waals surface area (Å²) in [7, 11) is -2.97. The Kier molecular flexibility index (Phi) is 5.02. The highest BCUT2D eigenvalue weighted by atomic mass is 79.9. The van der Waals surface area contributed by atoms with Crippen LogP contribution in [0.2, 0.25) is 0 Å². The Hall–Kier alpha value is -1.67. The molecule has 0 radical (unpaired) electrons. The van der Waals surface area contributed by atoms with Gasteiger partial charge in [-0.15, -0.1) is 0 Å². The van der Waals surface area contributed by atoms with E-state index in [-0.39, 0.29) is 0 Å². The fourth-order valence-electron chi connectivity index (χ4n) is 4.58. The van der Waals surface area contributed by atoms with Crippen molar-refractivity contribution in [2.24, 2.45) is 0 Å². The van der Waals surface area contributed by atoms with Gasteiger partial charge in [-0.25, -0.2) is 0 Å². The summed E-state index contributed by atoms with van der Waals surface area (Å²) >= 11 is 7.08. The molecule has 0 unspecified atom stereocenters. The fourth-order valence-corrected chi connectivity index (χ4v) is 8.72. The molecule has 29 heavy (non-hydrogen) atoms. The van der Waals surface area contributed by atoms with Crippen molar-refractivity contribution in [3.63, 3.8) is 0 Å². The summed E-state index contributed by atoms with van der Waals surface area (Å²) in [6, 6.07) is 26.6. The Morgan fingerprint density at radius 1 is 0.621 bits per heavy atom. The lowest BCUT2D eigenvalue weighted by Gasteiger charge is -2.23. The Morgan fingerprint density at radius 2 is 1.07 bits per heavy atom. The minimum atomic E-state index is -2.97. The molecule has 1 fully saturated rings. The molecule has 1 heterocycles. The van der Waals surface area contributed by atoms with Crippen LogP contribution in [0.25, 0.3) is 10.6 Å². The summed E-state index contributed by atoms with van der Waals surface area (Å²) in [6.45, 7) is 0. The van der Waals surface area contributed by atoms with Crippen LogP contribution in [0.5, 0.6) is 0 Å². The van der Waals surface area contributed by atoms with Crippen LogP contribution in [0.15, 0.2) is 99.0 Å². The summed E-state index contributed by atoms with van der Waals surface area (Å²) < 4.78 is 17.2. The van der Waals surface area contributed by atoms with Gasteiger partial charge in [-0.1, -0.05) is 86.5 Å². The first-order valence-electron chi connectivity index (χ1n) is 9.74. The summed E-state index contributed by atoms with van der Waals surface area (Å²) in [5.41, 5.74) is 4.75. The Bertz CT molecular complexity index is 1120. The maximum Gasteiger partial charge on any atom is 0.172 e. The van der Waals surface area contributed by atoms with Gasteiger partial charge in [0.15, 0.2) is 7.14 Å². The predicted molar refractivity (Wildman–Crippen MR) is 130 cm³/mol. The average Bonchev–Trinajstić information content (AvgIpc) is 3.29. The number of fused-ring (bicyclic) bond motifs is 1. The van der Waals surface area contributed by atoms with Crippen molar-refractivity contribution in [1.29, 1.82) is 0 Å². The highest BCUT2D eigenvalue weighted by Crippen LogP contribution is 2.75. The Balaban J connectivity index is 1.82. The van der Waals surface area contributed by atoms with E-state index in [0.717, 1.165) is 55.3 Å². The first kappa shape index (κ1) is 19.3. The second-order valence-corrected chi connectivity index (χ2v) is 11.9. The molecule has 3 aromatic carbocycles. The van der Waals surface area contributed by atoms with Gasteiger partial charge >= 0.3 is 0 Å². The molecule has 1 aliphatic heterocycles. The quantitative estimate of drug-likeness (QED) is 0.315. The number of halogens is 2. The number of hydrogen-bond donors (Lipinski definition) is 0. The molecular weight excluding hydrogens is 507 g/mol. The van der Waals surface area contributed by atoms with Gasteiger partial charge < -0.3 is 4.57 Å². The van der Waals surface area contributed by atoms with Crippen LogP contribution in [0, 0.1) is 0 Å². The van der Waals surface area contributed by atoms with E-state index < -0.39 is 7.14 Å². The number of allylic oxidation sites excluding steroid dienone is 2. The molecule has 0 spiro atoms. The highest BCUT2D eigenvalue weighted by molar-refractivity contribution is 9.10.